The average molecular weight is 393 g/mol. The molecule has 0 spiro atoms. The number of hydrogen-bond acceptors (Lipinski definition) is 8. The first-order chi connectivity index (χ1) is 13.5. The smallest absolute Gasteiger partial charge is 0.244 e. The van der Waals surface area contributed by atoms with Crippen LogP contribution in [0.1, 0.15) is 6.42 Å². The Morgan fingerprint density at radius 2 is 1.71 bits per heavy atom. The number of nitrogens with one attached hydrogen (secondary N) is 2. The molecule has 12 nitrogen and oxygen atoms in total. The van der Waals surface area contributed by atoms with Gasteiger partial charge in [-0.1, -0.05) is 30.3 Å². The summed E-state index contributed by atoms with van der Waals surface area (Å²) < 4.78 is 0. The molecule has 2 rings (SSSR count). The molecule has 8 N–H and O–H groups in total. The van der Waals surface area contributed by atoms with E-state index in [0.717, 1.165) is 10.4 Å². The van der Waals surface area contributed by atoms with E-state index >= 15 is 0 Å². The zero-order valence-electron chi connectivity index (χ0n) is 16.1. The number of benzene rings is 1. The molecule has 0 aliphatic rings. The summed E-state index contributed by atoms with van der Waals surface area (Å²) in [7, 11) is 4.40. The Hall–Kier alpha value is -3.38. The number of primary amides is 1. The van der Waals surface area contributed by atoms with Gasteiger partial charge in [0, 0.05) is 12.6 Å². The van der Waals surface area contributed by atoms with E-state index in [1.807, 2.05) is 30.3 Å². The van der Waals surface area contributed by atoms with Crippen LogP contribution in [0.15, 0.2) is 30.3 Å². The standard InChI is InChI=1S/C14H17N7O3.2CH5N/c1-16-14(24)10(7-11(15)22)17-12(23)8-21-19-13(18-20-21)9-5-3-2-4-6-9;2*1-2/h2-6,10H,7-8H2,1H3,(H2,15,22)(H,16,24)(H,17,23);2*2H2,1H3/t10-;;/m0../s1. The Morgan fingerprint density at radius 1 is 1.11 bits per heavy atom. The van der Waals surface area contributed by atoms with Crippen molar-refractivity contribution in [2.75, 3.05) is 21.1 Å². The van der Waals surface area contributed by atoms with Crippen molar-refractivity contribution in [3.63, 3.8) is 0 Å². The van der Waals surface area contributed by atoms with E-state index in [0.29, 0.717) is 5.82 Å². The van der Waals surface area contributed by atoms with Crippen LogP contribution in [0.5, 0.6) is 0 Å². The average Bonchev–Trinajstić information content (AvgIpc) is 3.18. The Bertz CT molecular complexity index is 734. The van der Waals surface area contributed by atoms with Gasteiger partial charge >= 0.3 is 0 Å². The van der Waals surface area contributed by atoms with Gasteiger partial charge < -0.3 is 27.8 Å². The minimum absolute atomic E-state index is 0.244. The molecule has 0 radical (unpaired) electrons. The van der Waals surface area contributed by atoms with Crippen LogP contribution in [0.4, 0.5) is 0 Å². The Balaban J connectivity index is 0.00000171. The second-order valence-corrected chi connectivity index (χ2v) is 4.91. The maximum absolute atomic E-state index is 12.0. The van der Waals surface area contributed by atoms with Crippen LogP contribution in [0.2, 0.25) is 0 Å². The van der Waals surface area contributed by atoms with Crippen LogP contribution in [0.3, 0.4) is 0 Å². The molecule has 12 heteroatoms. The number of carbonyl (C=O) groups excluding carboxylic acids is 3. The minimum Gasteiger partial charge on any atom is -0.370 e. The third-order valence-electron chi connectivity index (χ3n) is 3.07. The first-order valence-electron chi connectivity index (χ1n) is 8.27. The number of carbonyl (C=O) groups is 3. The van der Waals surface area contributed by atoms with Gasteiger partial charge in [0.2, 0.25) is 23.5 Å². The molecule has 1 aromatic carbocycles. The summed E-state index contributed by atoms with van der Waals surface area (Å²) in [6.45, 7) is -0.244. The molecule has 0 bridgehead atoms. The Morgan fingerprint density at radius 3 is 2.25 bits per heavy atom. The SMILES string of the molecule is CN.CN.CNC(=O)[C@H](CC(N)=O)NC(=O)Cn1nnc(-c2ccccc2)n1. The Labute approximate surface area is 162 Å². The highest BCUT2D eigenvalue weighted by molar-refractivity contribution is 5.91. The second-order valence-electron chi connectivity index (χ2n) is 4.91. The molecule has 2 aromatic rings. The molecule has 28 heavy (non-hydrogen) atoms. The lowest BCUT2D eigenvalue weighted by atomic mass is 10.2. The Kier molecular flexibility index (Phi) is 12.1. The van der Waals surface area contributed by atoms with E-state index in [1.54, 1.807) is 0 Å². The van der Waals surface area contributed by atoms with Crippen molar-refractivity contribution in [1.82, 2.24) is 30.8 Å². The van der Waals surface area contributed by atoms with Crippen LogP contribution in [-0.4, -0.2) is 65.1 Å². The van der Waals surface area contributed by atoms with Gasteiger partial charge in [-0.3, -0.25) is 14.4 Å². The predicted molar refractivity (Wildman–Crippen MR) is 103 cm³/mol. The van der Waals surface area contributed by atoms with Crippen molar-refractivity contribution in [2.45, 2.75) is 19.0 Å². The minimum atomic E-state index is -1.04. The number of likely N-dealkylation sites (N-methyl/N-ethyl adjacent to an activating group) is 1. The summed E-state index contributed by atoms with van der Waals surface area (Å²) in [5.41, 5.74) is 14.8. The molecule has 1 heterocycles. The van der Waals surface area contributed by atoms with Crippen molar-refractivity contribution >= 4 is 17.7 Å². The fourth-order valence-electron chi connectivity index (χ4n) is 1.97. The summed E-state index contributed by atoms with van der Waals surface area (Å²) in [6.07, 6.45) is -0.300. The van der Waals surface area contributed by atoms with Gasteiger partial charge in [0.25, 0.3) is 0 Å². The van der Waals surface area contributed by atoms with Gasteiger partial charge in [0.05, 0.1) is 6.42 Å². The highest BCUT2D eigenvalue weighted by atomic mass is 16.2. The number of tetrazole rings is 1. The van der Waals surface area contributed by atoms with Crippen molar-refractivity contribution < 1.29 is 14.4 Å². The molecule has 3 amide bonds. The molecule has 154 valence electrons. The van der Waals surface area contributed by atoms with Gasteiger partial charge in [0.15, 0.2) is 0 Å². The summed E-state index contributed by atoms with van der Waals surface area (Å²) in [4.78, 5) is 35.7. The van der Waals surface area contributed by atoms with Gasteiger partial charge in [-0.2, -0.15) is 4.80 Å². The molecular formula is C16H27N9O3. The van der Waals surface area contributed by atoms with Crippen molar-refractivity contribution in [3.8, 4) is 11.4 Å². The monoisotopic (exact) mass is 393 g/mol. The van der Waals surface area contributed by atoms with E-state index in [4.69, 9.17) is 5.73 Å². The normalized spacial score (nSPS) is 10.3. The zero-order valence-corrected chi connectivity index (χ0v) is 16.1. The summed E-state index contributed by atoms with van der Waals surface area (Å²) in [6, 6.07) is 8.11. The number of amides is 3. The van der Waals surface area contributed by atoms with Crippen LogP contribution in [0, 0.1) is 0 Å². The third-order valence-corrected chi connectivity index (χ3v) is 3.07. The van der Waals surface area contributed by atoms with Crippen LogP contribution in [-0.2, 0) is 20.9 Å². The first kappa shape index (κ1) is 24.6. The lowest BCUT2D eigenvalue weighted by molar-refractivity contribution is -0.131. The van der Waals surface area contributed by atoms with E-state index in [2.05, 4.69) is 37.5 Å². The van der Waals surface area contributed by atoms with Gasteiger partial charge in [-0.15, -0.1) is 10.2 Å². The molecule has 1 aromatic heterocycles. The van der Waals surface area contributed by atoms with Gasteiger partial charge in [0.1, 0.15) is 12.6 Å². The fourth-order valence-corrected chi connectivity index (χ4v) is 1.97. The lowest BCUT2D eigenvalue weighted by Crippen LogP contribution is -2.48. The summed E-state index contributed by atoms with van der Waals surface area (Å²) in [5.74, 6) is -1.38. The summed E-state index contributed by atoms with van der Waals surface area (Å²) >= 11 is 0. The van der Waals surface area contributed by atoms with E-state index < -0.39 is 23.8 Å². The van der Waals surface area contributed by atoms with E-state index in [-0.39, 0.29) is 13.0 Å². The molecule has 0 fully saturated rings. The highest BCUT2D eigenvalue weighted by Crippen LogP contribution is 2.11. The summed E-state index contributed by atoms with van der Waals surface area (Å²) in [5, 5.41) is 16.5. The van der Waals surface area contributed by atoms with Crippen molar-refractivity contribution in [1.29, 1.82) is 0 Å². The quantitative estimate of drug-likeness (QED) is 0.343. The molecule has 0 saturated carbocycles. The van der Waals surface area contributed by atoms with Gasteiger partial charge in [-0.25, -0.2) is 0 Å². The fraction of sp³-hybridized carbons (Fsp3) is 0.375. The number of rotatable bonds is 7. The number of hydrogen-bond donors (Lipinski definition) is 5. The van der Waals surface area contributed by atoms with Crippen LogP contribution < -0.4 is 27.8 Å². The maximum atomic E-state index is 12.0. The maximum Gasteiger partial charge on any atom is 0.244 e. The molecule has 0 saturated heterocycles. The molecule has 1 atom stereocenters. The zero-order chi connectivity index (χ0) is 21.5. The predicted octanol–water partition coefficient (Wildman–Crippen LogP) is -2.40. The van der Waals surface area contributed by atoms with Crippen LogP contribution >= 0.6 is 0 Å². The molecule has 0 unspecified atom stereocenters. The van der Waals surface area contributed by atoms with E-state index in [1.165, 1.54) is 21.1 Å². The van der Waals surface area contributed by atoms with Gasteiger partial charge in [-0.05, 0) is 19.3 Å². The highest BCUT2D eigenvalue weighted by Gasteiger charge is 2.22. The number of aromatic nitrogens is 4. The van der Waals surface area contributed by atoms with E-state index in [9.17, 15) is 14.4 Å². The third kappa shape index (κ3) is 8.33. The van der Waals surface area contributed by atoms with Crippen LogP contribution in [0.25, 0.3) is 11.4 Å². The number of nitrogens with zero attached hydrogens (tertiary/aromatic N) is 4. The van der Waals surface area contributed by atoms with Crippen molar-refractivity contribution in [2.24, 2.45) is 17.2 Å². The number of nitrogens with two attached hydrogens (primary N) is 3. The van der Waals surface area contributed by atoms with Crippen molar-refractivity contribution in [3.05, 3.63) is 30.3 Å². The first-order valence-corrected chi connectivity index (χ1v) is 8.27. The lowest BCUT2D eigenvalue weighted by Gasteiger charge is -2.15. The topological polar surface area (TPSA) is 197 Å². The molecular weight excluding hydrogens is 366 g/mol. The second kappa shape index (κ2) is 13.8. The molecule has 0 aliphatic carbocycles. The molecule has 0 aliphatic heterocycles. The largest absolute Gasteiger partial charge is 0.370 e.